The van der Waals surface area contributed by atoms with Crippen LogP contribution >= 0.6 is 0 Å². The molecule has 0 fully saturated rings. The van der Waals surface area contributed by atoms with E-state index in [2.05, 4.69) is 81.5 Å². The highest BCUT2D eigenvalue weighted by atomic mass is 16.6. The quantitative estimate of drug-likeness (QED) is 0.0261. The Kier molecular flexibility index (Phi) is 56.3. The molecule has 1 unspecified atom stereocenters. The number of ether oxygens (including phenoxy) is 3. The van der Waals surface area contributed by atoms with Crippen LogP contribution in [-0.4, -0.2) is 37.2 Å². The molecule has 0 aliphatic carbocycles. The van der Waals surface area contributed by atoms with E-state index in [0.29, 0.717) is 19.3 Å². The van der Waals surface area contributed by atoms with Crippen LogP contribution in [0.1, 0.15) is 310 Å². The van der Waals surface area contributed by atoms with Gasteiger partial charge in [-0.2, -0.15) is 0 Å². The summed E-state index contributed by atoms with van der Waals surface area (Å²) in [4.78, 5) is 38.1. The van der Waals surface area contributed by atoms with Gasteiger partial charge in [-0.3, -0.25) is 14.4 Å². The molecule has 0 heterocycles. The Labute approximate surface area is 434 Å². The maximum absolute atomic E-state index is 12.8. The van der Waals surface area contributed by atoms with Crippen molar-refractivity contribution < 1.29 is 28.6 Å². The van der Waals surface area contributed by atoms with Gasteiger partial charge in [-0.25, -0.2) is 0 Å². The highest BCUT2D eigenvalue weighted by molar-refractivity contribution is 5.71. The number of carbonyl (C=O) groups is 3. The molecule has 0 amide bonds. The standard InChI is InChI=1S/C64H114O6/c1-4-7-10-13-16-19-22-25-26-27-28-29-30-31-32-33-34-35-36-37-38-40-42-45-48-51-54-57-63(66)69-60-61(59-68-62(65)56-53-50-47-44-41-24-21-18-15-12-9-6-3)70-64(67)58-55-52-49-46-43-39-23-20-17-14-11-8-5-2/h7,10,16,18-19,21,25-26,28-29,61H,4-6,8-9,11-15,17,20,22-24,27,30-60H2,1-3H3/b10-7-,19-16-,21-18-,26-25-,29-28-. The fourth-order valence-electron chi connectivity index (χ4n) is 8.72. The van der Waals surface area contributed by atoms with Crippen molar-refractivity contribution in [2.45, 2.75) is 316 Å². The van der Waals surface area contributed by atoms with Gasteiger partial charge >= 0.3 is 17.9 Å². The number of allylic oxidation sites excluding steroid dienone is 10. The SMILES string of the molecule is CC/C=C\C/C=C\C/C=C\C/C=C\CCCCCCCCCCCCCCCCC(=O)OCC(COC(=O)CCCCCCC/C=C\CCCCC)OC(=O)CCCCCCCCCCCCCCC. The second-order valence-corrected chi connectivity index (χ2v) is 20.2. The predicted molar refractivity (Wildman–Crippen MR) is 302 cm³/mol. The highest BCUT2D eigenvalue weighted by Crippen LogP contribution is 2.17. The first-order valence-electron chi connectivity index (χ1n) is 30.3. The summed E-state index contributed by atoms with van der Waals surface area (Å²) in [6.45, 7) is 6.53. The summed E-state index contributed by atoms with van der Waals surface area (Å²) in [6.07, 6.45) is 73.7. The number of unbranched alkanes of at least 4 members (excludes halogenated alkanes) is 34. The summed E-state index contributed by atoms with van der Waals surface area (Å²) in [7, 11) is 0. The third kappa shape index (κ3) is 56.0. The van der Waals surface area contributed by atoms with Crippen molar-refractivity contribution >= 4 is 17.9 Å². The molecule has 0 aliphatic heterocycles. The molecule has 0 radical (unpaired) electrons. The van der Waals surface area contributed by atoms with Crippen LogP contribution in [-0.2, 0) is 28.6 Å². The van der Waals surface area contributed by atoms with E-state index in [1.54, 1.807) is 0 Å². The number of esters is 3. The van der Waals surface area contributed by atoms with Crippen molar-refractivity contribution in [3.63, 3.8) is 0 Å². The Morgan fingerprint density at radius 1 is 0.300 bits per heavy atom. The first kappa shape index (κ1) is 67.1. The zero-order valence-electron chi connectivity index (χ0n) is 46.5. The third-order valence-electron chi connectivity index (χ3n) is 13.3. The van der Waals surface area contributed by atoms with Gasteiger partial charge < -0.3 is 14.2 Å². The van der Waals surface area contributed by atoms with E-state index in [4.69, 9.17) is 14.2 Å². The maximum Gasteiger partial charge on any atom is 0.306 e. The lowest BCUT2D eigenvalue weighted by Gasteiger charge is -2.18. The summed E-state index contributed by atoms with van der Waals surface area (Å²) in [5.74, 6) is -0.869. The van der Waals surface area contributed by atoms with E-state index >= 15 is 0 Å². The third-order valence-corrected chi connectivity index (χ3v) is 13.3. The van der Waals surface area contributed by atoms with E-state index in [9.17, 15) is 14.4 Å². The average molecular weight is 980 g/mol. The van der Waals surface area contributed by atoms with E-state index in [-0.39, 0.29) is 31.1 Å². The molecule has 0 saturated heterocycles. The summed E-state index contributed by atoms with van der Waals surface area (Å²) in [6, 6.07) is 0. The van der Waals surface area contributed by atoms with Gasteiger partial charge in [0.2, 0.25) is 0 Å². The molecule has 0 aliphatic rings. The molecule has 0 saturated carbocycles. The molecule has 0 aromatic heterocycles. The van der Waals surface area contributed by atoms with E-state index in [1.165, 1.54) is 180 Å². The Morgan fingerprint density at radius 3 is 0.914 bits per heavy atom. The van der Waals surface area contributed by atoms with Crippen molar-refractivity contribution in [2.24, 2.45) is 0 Å². The normalized spacial score (nSPS) is 12.4. The second kappa shape index (κ2) is 58.7. The monoisotopic (exact) mass is 979 g/mol. The van der Waals surface area contributed by atoms with Crippen LogP contribution in [0.3, 0.4) is 0 Å². The summed E-state index contributed by atoms with van der Waals surface area (Å²) >= 11 is 0. The van der Waals surface area contributed by atoms with Crippen LogP contribution in [0.15, 0.2) is 60.8 Å². The largest absolute Gasteiger partial charge is 0.462 e. The van der Waals surface area contributed by atoms with Crippen LogP contribution in [0.25, 0.3) is 0 Å². The van der Waals surface area contributed by atoms with Crippen LogP contribution in [0.4, 0.5) is 0 Å². The lowest BCUT2D eigenvalue weighted by molar-refractivity contribution is -0.167. The molecule has 0 rings (SSSR count). The van der Waals surface area contributed by atoms with Gasteiger partial charge in [0.05, 0.1) is 0 Å². The van der Waals surface area contributed by atoms with Gasteiger partial charge in [-0.1, -0.05) is 268 Å². The zero-order valence-corrected chi connectivity index (χ0v) is 46.5. The Balaban J connectivity index is 4.19. The number of hydrogen-bond acceptors (Lipinski definition) is 6. The van der Waals surface area contributed by atoms with Crippen molar-refractivity contribution in [1.82, 2.24) is 0 Å². The van der Waals surface area contributed by atoms with Gasteiger partial charge in [0.25, 0.3) is 0 Å². The Hall–Kier alpha value is -2.89. The van der Waals surface area contributed by atoms with Gasteiger partial charge in [0.1, 0.15) is 13.2 Å². The minimum Gasteiger partial charge on any atom is -0.462 e. The molecule has 0 aromatic rings. The van der Waals surface area contributed by atoms with Gasteiger partial charge in [-0.05, 0) is 83.5 Å². The first-order chi connectivity index (χ1) is 34.5. The molecule has 1 atom stereocenters. The zero-order chi connectivity index (χ0) is 50.7. The molecule has 6 nitrogen and oxygen atoms in total. The van der Waals surface area contributed by atoms with Crippen LogP contribution in [0, 0.1) is 0 Å². The average Bonchev–Trinajstić information content (AvgIpc) is 3.36. The Bertz CT molecular complexity index is 1260. The molecular formula is C64H114O6. The molecule has 0 aromatic carbocycles. The molecule has 0 bridgehead atoms. The van der Waals surface area contributed by atoms with Crippen LogP contribution in [0.5, 0.6) is 0 Å². The highest BCUT2D eigenvalue weighted by Gasteiger charge is 2.19. The Morgan fingerprint density at radius 2 is 0.557 bits per heavy atom. The van der Waals surface area contributed by atoms with Gasteiger partial charge in [0, 0.05) is 19.3 Å². The smallest absolute Gasteiger partial charge is 0.306 e. The molecule has 0 spiro atoms. The molecular weight excluding hydrogens is 865 g/mol. The van der Waals surface area contributed by atoms with Gasteiger partial charge in [-0.15, -0.1) is 0 Å². The summed E-state index contributed by atoms with van der Waals surface area (Å²) < 4.78 is 16.9. The second-order valence-electron chi connectivity index (χ2n) is 20.2. The fraction of sp³-hybridized carbons (Fsp3) is 0.797. The lowest BCUT2D eigenvalue weighted by Crippen LogP contribution is -2.30. The maximum atomic E-state index is 12.8. The van der Waals surface area contributed by atoms with E-state index in [0.717, 1.165) is 89.9 Å². The summed E-state index contributed by atoms with van der Waals surface area (Å²) in [5.41, 5.74) is 0. The van der Waals surface area contributed by atoms with Crippen LogP contribution in [0.2, 0.25) is 0 Å². The minimum atomic E-state index is -0.774. The topological polar surface area (TPSA) is 78.9 Å². The first-order valence-corrected chi connectivity index (χ1v) is 30.3. The van der Waals surface area contributed by atoms with Gasteiger partial charge in [0.15, 0.2) is 6.10 Å². The minimum absolute atomic E-state index is 0.0732. The molecule has 406 valence electrons. The fourth-order valence-corrected chi connectivity index (χ4v) is 8.72. The van der Waals surface area contributed by atoms with E-state index < -0.39 is 6.10 Å². The van der Waals surface area contributed by atoms with Crippen molar-refractivity contribution in [1.29, 1.82) is 0 Å². The van der Waals surface area contributed by atoms with Crippen LogP contribution < -0.4 is 0 Å². The lowest BCUT2D eigenvalue weighted by atomic mass is 10.0. The number of carbonyl (C=O) groups excluding carboxylic acids is 3. The van der Waals surface area contributed by atoms with Crippen molar-refractivity contribution in [3.8, 4) is 0 Å². The van der Waals surface area contributed by atoms with Crippen molar-refractivity contribution in [2.75, 3.05) is 13.2 Å². The van der Waals surface area contributed by atoms with Crippen molar-refractivity contribution in [3.05, 3.63) is 60.8 Å². The summed E-state index contributed by atoms with van der Waals surface area (Å²) in [5, 5.41) is 0. The number of hydrogen-bond donors (Lipinski definition) is 0. The number of rotatable bonds is 55. The molecule has 70 heavy (non-hydrogen) atoms. The molecule has 6 heteroatoms. The predicted octanol–water partition coefficient (Wildman–Crippen LogP) is 20.4. The molecule has 0 N–H and O–H groups in total. The van der Waals surface area contributed by atoms with E-state index in [1.807, 2.05) is 0 Å².